The fourth-order valence-corrected chi connectivity index (χ4v) is 5.22. The van der Waals surface area contributed by atoms with Gasteiger partial charge in [0.25, 0.3) is 5.91 Å². The van der Waals surface area contributed by atoms with E-state index in [1.165, 1.54) is 30.1 Å². The molecule has 2 aromatic heterocycles. The second kappa shape index (κ2) is 11.8. The minimum Gasteiger partial charge on any atom is -0.459 e. The van der Waals surface area contributed by atoms with Gasteiger partial charge in [-0.3, -0.25) is 14.4 Å². The first-order chi connectivity index (χ1) is 17.0. The molecule has 7 nitrogen and oxygen atoms in total. The third-order valence-electron chi connectivity index (χ3n) is 6.37. The summed E-state index contributed by atoms with van der Waals surface area (Å²) in [6, 6.07) is 14.0. The van der Waals surface area contributed by atoms with Gasteiger partial charge in [-0.2, -0.15) is 0 Å². The molecule has 8 heteroatoms. The van der Waals surface area contributed by atoms with Crippen molar-refractivity contribution in [1.82, 2.24) is 15.5 Å². The number of rotatable bonds is 9. The first-order valence-corrected chi connectivity index (χ1v) is 12.9. The molecule has 1 atom stereocenters. The Balaban J connectivity index is 1.62. The van der Waals surface area contributed by atoms with E-state index in [2.05, 4.69) is 10.6 Å². The lowest BCUT2D eigenvalue weighted by Crippen LogP contribution is -2.49. The molecule has 3 amide bonds. The molecule has 0 saturated heterocycles. The molecule has 0 bridgehead atoms. The van der Waals surface area contributed by atoms with Crippen LogP contribution < -0.4 is 10.6 Å². The number of nitrogens with zero attached hydrogens (tertiary/aromatic N) is 1. The molecule has 1 saturated carbocycles. The van der Waals surface area contributed by atoms with E-state index in [1.807, 2.05) is 48.7 Å². The number of thiophene rings is 1. The largest absolute Gasteiger partial charge is 0.459 e. The smallest absolute Gasteiger partial charge is 0.287 e. The predicted molar refractivity (Wildman–Crippen MR) is 135 cm³/mol. The van der Waals surface area contributed by atoms with E-state index in [-0.39, 0.29) is 36.7 Å². The van der Waals surface area contributed by atoms with Crippen molar-refractivity contribution < 1.29 is 18.8 Å². The summed E-state index contributed by atoms with van der Waals surface area (Å²) in [5, 5.41) is 7.80. The predicted octanol–water partition coefficient (Wildman–Crippen LogP) is 4.60. The summed E-state index contributed by atoms with van der Waals surface area (Å²) in [4.78, 5) is 42.3. The number of furan rings is 1. The number of carbonyl (C=O) groups is 3. The van der Waals surface area contributed by atoms with Crippen molar-refractivity contribution in [2.75, 3.05) is 6.54 Å². The van der Waals surface area contributed by atoms with Gasteiger partial charge in [-0.05, 0) is 54.5 Å². The molecule has 184 valence electrons. The van der Waals surface area contributed by atoms with E-state index >= 15 is 0 Å². The van der Waals surface area contributed by atoms with Gasteiger partial charge in [0.2, 0.25) is 11.8 Å². The Morgan fingerprint density at radius 1 is 1.06 bits per heavy atom. The van der Waals surface area contributed by atoms with Crippen molar-refractivity contribution in [3.05, 3.63) is 81.9 Å². The molecule has 0 unspecified atom stereocenters. The van der Waals surface area contributed by atoms with Crippen LogP contribution in [0, 0.1) is 6.92 Å². The highest BCUT2D eigenvalue weighted by Crippen LogP contribution is 2.28. The van der Waals surface area contributed by atoms with Gasteiger partial charge in [-0.25, -0.2) is 0 Å². The zero-order valence-corrected chi connectivity index (χ0v) is 20.7. The maximum absolute atomic E-state index is 13.8. The molecule has 0 radical (unpaired) electrons. The zero-order valence-electron chi connectivity index (χ0n) is 19.9. The maximum Gasteiger partial charge on any atom is 0.287 e. The van der Waals surface area contributed by atoms with Crippen molar-refractivity contribution in [1.29, 1.82) is 0 Å². The Morgan fingerprint density at radius 3 is 2.54 bits per heavy atom. The average molecular weight is 494 g/mol. The van der Waals surface area contributed by atoms with E-state index in [0.29, 0.717) is 0 Å². The number of benzene rings is 1. The summed E-state index contributed by atoms with van der Waals surface area (Å²) in [6.45, 7) is 1.97. The summed E-state index contributed by atoms with van der Waals surface area (Å²) < 4.78 is 5.13. The van der Waals surface area contributed by atoms with Crippen molar-refractivity contribution >= 4 is 29.1 Å². The van der Waals surface area contributed by atoms with Crippen LogP contribution in [0.4, 0.5) is 0 Å². The Kier molecular flexibility index (Phi) is 8.36. The highest BCUT2D eigenvalue weighted by Gasteiger charge is 2.34. The van der Waals surface area contributed by atoms with Gasteiger partial charge in [-0.1, -0.05) is 49.6 Å². The molecule has 1 fully saturated rings. The SMILES string of the molecule is Cc1ccccc1[C@H](C(=O)NC1CCCCC1)N(Cc1cccs1)C(=O)CNC(=O)c1ccco1. The molecule has 4 rings (SSSR count). The molecule has 1 aromatic carbocycles. The lowest BCUT2D eigenvalue weighted by Gasteiger charge is -2.34. The number of carbonyl (C=O) groups excluding carboxylic acids is 3. The van der Waals surface area contributed by atoms with Crippen molar-refractivity contribution in [2.45, 2.75) is 57.7 Å². The van der Waals surface area contributed by atoms with E-state index in [1.54, 1.807) is 11.0 Å². The highest BCUT2D eigenvalue weighted by molar-refractivity contribution is 7.09. The summed E-state index contributed by atoms with van der Waals surface area (Å²) in [7, 11) is 0. The molecule has 3 aromatic rings. The zero-order chi connectivity index (χ0) is 24.6. The van der Waals surface area contributed by atoms with Gasteiger partial charge in [-0.15, -0.1) is 11.3 Å². The minimum absolute atomic E-state index is 0.111. The maximum atomic E-state index is 13.8. The molecule has 2 N–H and O–H groups in total. The first kappa shape index (κ1) is 24.7. The summed E-state index contributed by atoms with van der Waals surface area (Å²) in [5.41, 5.74) is 1.71. The number of nitrogens with one attached hydrogen (secondary N) is 2. The normalized spacial score (nSPS) is 14.8. The van der Waals surface area contributed by atoms with Crippen LogP contribution in [0.5, 0.6) is 0 Å². The van der Waals surface area contributed by atoms with E-state index in [4.69, 9.17) is 4.42 Å². The lowest BCUT2D eigenvalue weighted by molar-refractivity contribution is -0.141. The topological polar surface area (TPSA) is 91.7 Å². The Morgan fingerprint density at radius 2 is 1.86 bits per heavy atom. The third-order valence-corrected chi connectivity index (χ3v) is 7.23. The summed E-state index contributed by atoms with van der Waals surface area (Å²) >= 11 is 1.53. The minimum atomic E-state index is -0.812. The third kappa shape index (κ3) is 6.39. The van der Waals surface area contributed by atoms with Crippen molar-refractivity contribution in [3.8, 4) is 0 Å². The van der Waals surface area contributed by atoms with Crippen LogP contribution in [0.3, 0.4) is 0 Å². The average Bonchev–Trinajstić information content (AvgIpc) is 3.58. The summed E-state index contributed by atoms with van der Waals surface area (Å²) in [6.07, 6.45) is 6.68. The molecule has 2 heterocycles. The molecule has 35 heavy (non-hydrogen) atoms. The Hall–Kier alpha value is -3.39. The van der Waals surface area contributed by atoms with Gasteiger partial charge >= 0.3 is 0 Å². The second-order valence-electron chi connectivity index (χ2n) is 8.86. The number of hydrogen-bond acceptors (Lipinski definition) is 5. The van der Waals surface area contributed by atoms with Crippen LogP contribution >= 0.6 is 11.3 Å². The molecule has 0 aliphatic heterocycles. The van der Waals surface area contributed by atoms with Crippen LogP contribution in [-0.4, -0.2) is 35.2 Å². The monoisotopic (exact) mass is 493 g/mol. The van der Waals surface area contributed by atoms with Crippen LogP contribution in [0.25, 0.3) is 0 Å². The number of amides is 3. The quantitative estimate of drug-likeness (QED) is 0.456. The molecule has 0 spiro atoms. The highest BCUT2D eigenvalue weighted by atomic mass is 32.1. The van der Waals surface area contributed by atoms with Gasteiger partial charge in [0.15, 0.2) is 5.76 Å². The Labute approximate surface area is 209 Å². The second-order valence-corrected chi connectivity index (χ2v) is 9.90. The number of aryl methyl sites for hydroxylation is 1. The van der Waals surface area contributed by atoms with Crippen LogP contribution in [-0.2, 0) is 16.1 Å². The lowest BCUT2D eigenvalue weighted by atomic mass is 9.94. The summed E-state index contributed by atoms with van der Waals surface area (Å²) in [5.74, 6) is -0.870. The van der Waals surface area contributed by atoms with Crippen LogP contribution in [0.15, 0.2) is 64.6 Å². The molecular formula is C27H31N3O4S. The van der Waals surface area contributed by atoms with Gasteiger partial charge in [0.1, 0.15) is 6.04 Å². The first-order valence-electron chi connectivity index (χ1n) is 12.0. The fourth-order valence-electron chi connectivity index (χ4n) is 4.52. The van der Waals surface area contributed by atoms with Crippen molar-refractivity contribution in [3.63, 3.8) is 0 Å². The fraction of sp³-hybridized carbons (Fsp3) is 0.370. The Bertz CT molecular complexity index is 1120. The van der Waals surface area contributed by atoms with Gasteiger partial charge in [0, 0.05) is 10.9 Å². The van der Waals surface area contributed by atoms with Crippen LogP contribution in [0.1, 0.15) is 64.7 Å². The van der Waals surface area contributed by atoms with E-state index < -0.39 is 11.9 Å². The number of hydrogen-bond donors (Lipinski definition) is 2. The van der Waals surface area contributed by atoms with Gasteiger partial charge in [0.05, 0.1) is 19.4 Å². The van der Waals surface area contributed by atoms with E-state index in [9.17, 15) is 14.4 Å². The van der Waals surface area contributed by atoms with E-state index in [0.717, 1.165) is 41.7 Å². The van der Waals surface area contributed by atoms with Crippen molar-refractivity contribution in [2.24, 2.45) is 0 Å². The standard InChI is InChI=1S/C27H31N3O4S/c1-19-9-5-6-13-22(19)25(27(33)29-20-10-3-2-4-11-20)30(18-21-12-8-16-35-21)24(31)17-28-26(32)23-14-7-15-34-23/h5-9,12-16,20,25H,2-4,10-11,17-18H2,1H3,(H,28,32)(H,29,33)/t25-/m1/s1. The molecule has 1 aliphatic rings. The van der Waals surface area contributed by atoms with Crippen LogP contribution in [0.2, 0.25) is 0 Å². The molecule has 1 aliphatic carbocycles. The molecular weight excluding hydrogens is 462 g/mol. The van der Waals surface area contributed by atoms with Gasteiger partial charge < -0.3 is 20.0 Å².